The average molecular weight is 334 g/mol. The lowest BCUT2D eigenvalue weighted by Crippen LogP contribution is -2.54. The molecule has 8 heteroatoms. The van der Waals surface area contributed by atoms with Crippen LogP contribution in [0.3, 0.4) is 0 Å². The SMILES string of the molecule is CC(NC(=O)N1CCN(c2nsc3ccccc23)CC1)C(=O)O. The molecule has 2 N–H and O–H groups in total. The molecular formula is C15H18N4O3S. The van der Waals surface area contributed by atoms with Crippen LogP contribution in [-0.2, 0) is 4.79 Å². The highest BCUT2D eigenvalue weighted by atomic mass is 32.1. The molecule has 7 nitrogen and oxygen atoms in total. The number of benzene rings is 1. The first-order valence-corrected chi connectivity index (χ1v) is 8.21. The number of carbonyl (C=O) groups excluding carboxylic acids is 1. The van der Waals surface area contributed by atoms with Gasteiger partial charge in [-0.05, 0) is 30.6 Å². The number of carbonyl (C=O) groups is 2. The molecule has 1 fully saturated rings. The largest absolute Gasteiger partial charge is 0.480 e. The van der Waals surface area contributed by atoms with Gasteiger partial charge in [0.25, 0.3) is 0 Å². The molecule has 1 aromatic carbocycles. The Labute approximate surface area is 137 Å². The Morgan fingerprint density at radius 3 is 2.65 bits per heavy atom. The van der Waals surface area contributed by atoms with E-state index in [2.05, 4.69) is 20.7 Å². The molecule has 23 heavy (non-hydrogen) atoms. The Morgan fingerprint density at radius 1 is 1.26 bits per heavy atom. The van der Waals surface area contributed by atoms with Crippen LogP contribution in [-0.4, -0.2) is 58.6 Å². The summed E-state index contributed by atoms with van der Waals surface area (Å²) >= 11 is 1.48. The number of carboxylic acid groups (broad SMARTS) is 1. The number of anilines is 1. The Kier molecular flexibility index (Phi) is 4.33. The van der Waals surface area contributed by atoms with Crippen LogP contribution >= 0.6 is 11.5 Å². The van der Waals surface area contributed by atoms with Gasteiger partial charge in [0.1, 0.15) is 11.9 Å². The van der Waals surface area contributed by atoms with E-state index in [9.17, 15) is 9.59 Å². The third-order valence-electron chi connectivity index (χ3n) is 3.94. The fourth-order valence-electron chi connectivity index (χ4n) is 2.56. The summed E-state index contributed by atoms with van der Waals surface area (Å²) in [5.74, 6) is -0.0736. The lowest BCUT2D eigenvalue weighted by atomic mass is 10.2. The topological polar surface area (TPSA) is 85.8 Å². The van der Waals surface area contributed by atoms with Gasteiger partial charge < -0.3 is 20.2 Å². The number of hydrogen-bond acceptors (Lipinski definition) is 5. The minimum atomic E-state index is -1.04. The molecule has 0 aliphatic carbocycles. The highest BCUT2D eigenvalue weighted by Crippen LogP contribution is 2.29. The first-order valence-electron chi connectivity index (χ1n) is 7.44. The maximum absolute atomic E-state index is 12.0. The highest BCUT2D eigenvalue weighted by Gasteiger charge is 2.25. The van der Waals surface area contributed by atoms with Crippen molar-refractivity contribution in [3.63, 3.8) is 0 Å². The monoisotopic (exact) mass is 334 g/mol. The first kappa shape index (κ1) is 15.5. The van der Waals surface area contributed by atoms with Crippen molar-refractivity contribution in [1.29, 1.82) is 0 Å². The fourth-order valence-corrected chi connectivity index (χ4v) is 3.36. The van der Waals surface area contributed by atoms with Crippen LogP contribution in [0.25, 0.3) is 10.1 Å². The van der Waals surface area contributed by atoms with E-state index in [0.29, 0.717) is 26.2 Å². The van der Waals surface area contributed by atoms with Gasteiger partial charge in [0.15, 0.2) is 0 Å². The van der Waals surface area contributed by atoms with E-state index in [-0.39, 0.29) is 6.03 Å². The molecule has 1 aliphatic rings. The quantitative estimate of drug-likeness (QED) is 0.890. The molecule has 3 rings (SSSR count). The molecule has 2 aromatic rings. The van der Waals surface area contributed by atoms with E-state index in [1.807, 2.05) is 18.2 Å². The van der Waals surface area contributed by atoms with E-state index < -0.39 is 12.0 Å². The molecule has 0 radical (unpaired) electrons. The molecule has 0 saturated carbocycles. The van der Waals surface area contributed by atoms with Crippen LogP contribution in [0, 0.1) is 0 Å². The molecular weight excluding hydrogens is 316 g/mol. The average Bonchev–Trinajstić information content (AvgIpc) is 2.99. The number of hydrogen-bond donors (Lipinski definition) is 2. The van der Waals surface area contributed by atoms with Crippen LogP contribution < -0.4 is 10.2 Å². The molecule has 1 aromatic heterocycles. The van der Waals surface area contributed by atoms with Crippen LogP contribution in [0.4, 0.5) is 10.6 Å². The third kappa shape index (κ3) is 3.21. The van der Waals surface area contributed by atoms with Crippen molar-refractivity contribution in [2.45, 2.75) is 13.0 Å². The second-order valence-electron chi connectivity index (χ2n) is 5.49. The van der Waals surface area contributed by atoms with Crippen LogP contribution in [0.15, 0.2) is 24.3 Å². The van der Waals surface area contributed by atoms with Crippen molar-refractivity contribution < 1.29 is 14.7 Å². The normalized spacial score (nSPS) is 16.4. The van der Waals surface area contributed by atoms with Gasteiger partial charge in [-0.3, -0.25) is 4.79 Å². The zero-order valence-electron chi connectivity index (χ0n) is 12.7. The molecule has 122 valence electrons. The number of aliphatic carboxylic acids is 1. The summed E-state index contributed by atoms with van der Waals surface area (Å²) in [7, 11) is 0. The summed E-state index contributed by atoms with van der Waals surface area (Å²) in [5.41, 5.74) is 0. The lowest BCUT2D eigenvalue weighted by Gasteiger charge is -2.35. The zero-order valence-corrected chi connectivity index (χ0v) is 13.5. The Hall–Kier alpha value is -2.35. The number of carboxylic acids is 1. The summed E-state index contributed by atoms with van der Waals surface area (Å²) in [6.07, 6.45) is 0. The first-order chi connectivity index (χ1) is 11.1. The number of piperazine rings is 1. The Balaban J connectivity index is 1.62. The smallest absolute Gasteiger partial charge is 0.325 e. The van der Waals surface area contributed by atoms with Gasteiger partial charge in [0.05, 0.1) is 4.70 Å². The van der Waals surface area contributed by atoms with Crippen molar-refractivity contribution >= 4 is 39.4 Å². The standard InChI is InChI=1S/C15H18N4O3S/c1-10(14(20)21)16-15(22)19-8-6-18(7-9-19)13-11-4-2-3-5-12(11)23-17-13/h2-5,10H,6-9H2,1H3,(H,16,22)(H,20,21). The van der Waals surface area contributed by atoms with Gasteiger partial charge in [-0.1, -0.05) is 12.1 Å². The van der Waals surface area contributed by atoms with Gasteiger partial charge in [0, 0.05) is 31.6 Å². The highest BCUT2D eigenvalue weighted by molar-refractivity contribution is 7.13. The zero-order chi connectivity index (χ0) is 16.4. The minimum Gasteiger partial charge on any atom is -0.480 e. The van der Waals surface area contributed by atoms with E-state index in [1.165, 1.54) is 18.5 Å². The fraction of sp³-hybridized carbons (Fsp3) is 0.400. The number of urea groups is 1. The number of rotatable bonds is 3. The Morgan fingerprint density at radius 2 is 1.96 bits per heavy atom. The molecule has 1 saturated heterocycles. The summed E-state index contributed by atoms with van der Waals surface area (Å²) < 4.78 is 5.68. The van der Waals surface area contributed by atoms with Gasteiger partial charge in [-0.25, -0.2) is 4.79 Å². The van der Waals surface area contributed by atoms with Crippen LogP contribution in [0.1, 0.15) is 6.92 Å². The summed E-state index contributed by atoms with van der Waals surface area (Å²) in [5, 5.41) is 12.5. The second kappa shape index (κ2) is 6.41. The number of nitrogens with one attached hydrogen (secondary N) is 1. The summed E-state index contributed by atoms with van der Waals surface area (Å²) in [4.78, 5) is 26.7. The molecule has 0 bridgehead atoms. The van der Waals surface area contributed by atoms with E-state index in [1.54, 1.807) is 4.90 Å². The molecule has 1 aliphatic heterocycles. The van der Waals surface area contributed by atoms with E-state index >= 15 is 0 Å². The molecule has 2 heterocycles. The maximum atomic E-state index is 12.0. The molecule has 2 amide bonds. The number of amides is 2. The van der Waals surface area contributed by atoms with E-state index in [4.69, 9.17) is 5.11 Å². The lowest BCUT2D eigenvalue weighted by molar-refractivity contribution is -0.138. The van der Waals surface area contributed by atoms with Crippen molar-refractivity contribution in [2.24, 2.45) is 0 Å². The predicted molar refractivity (Wildman–Crippen MR) is 89.0 cm³/mol. The van der Waals surface area contributed by atoms with Crippen molar-refractivity contribution in [1.82, 2.24) is 14.6 Å². The predicted octanol–water partition coefficient (Wildman–Crippen LogP) is 1.60. The van der Waals surface area contributed by atoms with Gasteiger partial charge in [-0.2, -0.15) is 4.37 Å². The Bertz CT molecular complexity index is 724. The number of nitrogens with zero attached hydrogens (tertiary/aromatic N) is 3. The number of aromatic nitrogens is 1. The van der Waals surface area contributed by atoms with Crippen LogP contribution in [0.2, 0.25) is 0 Å². The van der Waals surface area contributed by atoms with Gasteiger partial charge >= 0.3 is 12.0 Å². The third-order valence-corrected chi connectivity index (χ3v) is 4.75. The second-order valence-corrected chi connectivity index (χ2v) is 6.29. The van der Waals surface area contributed by atoms with Gasteiger partial charge in [0.2, 0.25) is 0 Å². The van der Waals surface area contributed by atoms with Gasteiger partial charge in [-0.15, -0.1) is 0 Å². The summed E-state index contributed by atoms with van der Waals surface area (Å²) in [6.45, 7) is 3.91. The molecule has 1 unspecified atom stereocenters. The van der Waals surface area contributed by atoms with Crippen molar-refractivity contribution in [2.75, 3.05) is 31.1 Å². The van der Waals surface area contributed by atoms with Crippen LogP contribution in [0.5, 0.6) is 0 Å². The molecule has 1 atom stereocenters. The maximum Gasteiger partial charge on any atom is 0.325 e. The number of fused-ring (bicyclic) bond motifs is 1. The summed E-state index contributed by atoms with van der Waals surface area (Å²) in [6, 6.07) is 6.88. The van der Waals surface area contributed by atoms with Crippen molar-refractivity contribution in [3.8, 4) is 0 Å². The van der Waals surface area contributed by atoms with E-state index in [0.717, 1.165) is 15.9 Å². The molecule has 0 spiro atoms. The minimum absolute atomic E-state index is 0.331. The van der Waals surface area contributed by atoms with Crippen molar-refractivity contribution in [3.05, 3.63) is 24.3 Å².